The highest BCUT2D eigenvalue weighted by molar-refractivity contribution is 7.99. The fourth-order valence-corrected chi connectivity index (χ4v) is 3.99. The van der Waals surface area contributed by atoms with Crippen LogP contribution in [0.4, 0.5) is 11.5 Å². The molecule has 8 heteroatoms. The first-order valence-corrected chi connectivity index (χ1v) is 10.5. The van der Waals surface area contributed by atoms with E-state index >= 15 is 0 Å². The van der Waals surface area contributed by atoms with Gasteiger partial charge in [-0.15, -0.1) is 0 Å². The lowest BCUT2D eigenvalue weighted by Gasteiger charge is -2.37. The number of anilines is 2. The first kappa shape index (κ1) is 20.1. The molecule has 144 valence electrons. The van der Waals surface area contributed by atoms with Gasteiger partial charge in [0.15, 0.2) is 0 Å². The quantitative estimate of drug-likeness (QED) is 0.505. The lowest BCUT2D eigenvalue weighted by Crippen LogP contribution is -2.46. The number of piperazine rings is 1. The maximum Gasteiger partial charge on any atom is 0.316 e. The van der Waals surface area contributed by atoms with Crippen LogP contribution in [0, 0.1) is 0 Å². The molecule has 0 unspecified atom stereocenters. The molecule has 0 bridgehead atoms. The predicted molar refractivity (Wildman–Crippen MR) is 112 cm³/mol. The molecule has 1 aromatic carbocycles. The number of hydrogen-bond acceptors (Lipinski definition) is 6. The van der Waals surface area contributed by atoms with Crippen LogP contribution in [0.2, 0.25) is 10.0 Å². The number of nitrogens with zero attached hydrogens (tertiary/aromatic N) is 3. The minimum atomic E-state index is -0.248. The molecule has 1 aromatic heterocycles. The minimum Gasteiger partial charge on any atom is -0.465 e. The van der Waals surface area contributed by atoms with E-state index < -0.39 is 0 Å². The van der Waals surface area contributed by atoms with Gasteiger partial charge in [-0.2, -0.15) is 0 Å². The van der Waals surface area contributed by atoms with E-state index in [9.17, 15) is 4.79 Å². The SMILES string of the molecule is CCOC(=O)CSc1cc(Cl)cc(N2CCN(c3ccc(Cl)cc3)CC2)n1. The molecule has 2 heterocycles. The van der Waals surface area contributed by atoms with Crippen molar-refractivity contribution in [3.05, 3.63) is 46.4 Å². The van der Waals surface area contributed by atoms with Crippen molar-refractivity contribution in [3.8, 4) is 0 Å². The number of esters is 1. The van der Waals surface area contributed by atoms with Gasteiger partial charge in [0.05, 0.1) is 12.4 Å². The number of ether oxygens (including phenoxy) is 1. The Balaban J connectivity index is 1.61. The van der Waals surface area contributed by atoms with Gasteiger partial charge < -0.3 is 14.5 Å². The molecule has 0 aliphatic carbocycles. The molecular weight excluding hydrogens is 405 g/mol. The average Bonchev–Trinajstić information content (AvgIpc) is 2.67. The maximum atomic E-state index is 11.6. The highest BCUT2D eigenvalue weighted by atomic mass is 35.5. The molecular formula is C19H21Cl2N3O2S. The van der Waals surface area contributed by atoms with Gasteiger partial charge in [-0.3, -0.25) is 4.79 Å². The van der Waals surface area contributed by atoms with Crippen molar-refractivity contribution < 1.29 is 9.53 Å². The van der Waals surface area contributed by atoms with E-state index in [1.165, 1.54) is 17.4 Å². The molecule has 27 heavy (non-hydrogen) atoms. The Labute approximate surface area is 173 Å². The van der Waals surface area contributed by atoms with Gasteiger partial charge in [0.25, 0.3) is 0 Å². The van der Waals surface area contributed by atoms with Crippen LogP contribution in [-0.2, 0) is 9.53 Å². The molecule has 1 fully saturated rings. The van der Waals surface area contributed by atoms with Gasteiger partial charge >= 0.3 is 5.97 Å². The number of hydrogen-bond donors (Lipinski definition) is 0. The molecule has 5 nitrogen and oxygen atoms in total. The summed E-state index contributed by atoms with van der Waals surface area (Å²) in [6.45, 7) is 5.64. The van der Waals surface area contributed by atoms with Crippen molar-refractivity contribution >= 4 is 52.4 Å². The fraction of sp³-hybridized carbons (Fsp3) is 0.368. The largest absolute Gasteiger partial charge is 0.465 e. The normalized spacial score (nSPS) is 14.3. The second kappa shape index (κ2) is 9.53. The third-order valence-corrected chi connectivity index (χ3v) is 5.55. The van der Waals surface area contributed by atoms with E-state index in [-0.39, 0.29) is 11.7 Å². The molecule has 1 saturated heterocycles. The zero-order valence-corrected chi connectivity index (χ0v) is 17.4. The summed E-state index contributed by atoms with van der Waals surface area (Å²) >= 11 is 13.6. The summed E-state index contributed by atoms with van der Waals surface area (Å²) in [6.07, 6.45) is 0. The second-order valence-electron chi connectivity index (χ2n) is 6.03. The highest BCUT2D eigenvalue weighted by Crippen LogP contribution is 2.27. The van der Waals surface area contributed by atoms with Crippen LogP contribution in [0.1, 0.15) is 6.92 Å². The standard InChI is InChI=1S/C19H21Cl2N3O2S/c1-2-26-19(25)13-27-18-12-15(21)11-17(22-18)24-9-7-23(8-10-24)16-5-3-14(20)4-6-16/h3-6,11-12H,2,7-10,13H2,1H3. The lowest BCUT2D eigenvalue weighted by atomic mass is 10.2. The predicted octanol–water partition coefficient (Wildman–Crippen LogP) is 4.37. The minimum absolute atomic E-state index is 0.227. The summed E-state index contributed by atoms with van der Waals surface area (Å²) in [4.78, 5) is 20.8. The fourth-order valence-electron chi connectivity index (χ4n) is 2.88. The summed E-state index contributed by atoms with van der Waals surface area (Å²) in [5.74, 6) is 0.817. The molecule has 0 spiro atoms. The number of carbonyl (C=O) groups is 1. The number of thioether (sulfide) groups is 1. The second-order valence-corrected chi connectivity index (χ2v) is 7.89. The monoisotopic (exact) mass is 425 g/mol. The number of pyridine rings is 1. The zero-order chi connectivity index (χ0) is 19.2. The molecule has 1 aliphatic rings. The number of carbonyl (C=O) groups excluding carboxylic acids is 1. The Kier molecular flexibility index (Phi) is 7.10. The van der Waals surface area contributed by atoms with Crippen molar-refractivity contribution in [1.29, 1.82) is 0 Å². The van der Waals surface area contributed by atoms with E-state index in [1.807, 2.05) is 30.3 Å². The molecule has 0 atom stereocenters. The van der Waals surface area contributed by atoms with Crippen LogP contribution in [0.25, 0.3) is 0 Å². The van der Waals surface area contributed by atoms with Gasteiger partial charge in [0.1, 0.15) is 10.8 Å². The Morgan fingerprint density at radius 2 is 1.74 bits per heavy atom. The van der Waals surface area contributed by atoms with Crippen LogP contribution >= 0.6 is 35.0 Å². The van der Waals surface area contributed by atoms with Gasteiger partial charge in [0.2, 0.25) is 0 Å². The highest BCUT2D eigenvalue weighted by Gasteiger charge is 2.19. The van der Waals surface area contributed by atoms with Crippen molar-refractivity contribution in [3.63, 3.8) is 0 Å². The van der Waals surface area contributed by atoms with E-state index in [1.54, 1.807) is 13.0 Å². The summed E-state index contributed by atoms with van der Waals surface area (Å²) in [5, 5.41) is 2.09. The van der Waals surface area contributed by atoms with E-state index in [4.69, 9.17) is 27.9 Å². The molecule has 0 saturated carbocycles. The molecule has 1 aliphatic heterocycles. The van der Waals surface area contributed by atoms with E-state index in [0.29, 0.717) is 11.6 Å². The Morgan fingerprint density at radius 3 is 2.41 bits per heavy atom. The van der Waals surface area contributed by atoms with Crippen molar-refractivity contribution in [2.45, 2.75) is 11.9 Å². The average molecular weight is 426 g/mol. The van der Waals surface area contributed by atoms with Crippen LogP contribution in [0.15, 0.2) is 41.4 Å². The van der Waals surface area contributed by atoms with Crippen LogP contribution < -0.4 is 9.80 Å². The molecule has 3 rings (SSSR count). The van der Waals surface area contributed by atoms with Gasteiger partial charge in [-0.25, -0.2) is 4.98 Å². The number of benzene rings is 1. The number of aromatic nitrogens is 1. The summed E-state index contributed by atoms with van der Waals surface area (Å²) < 4.78 is 4.96. The summed E-state index contributed by atoms with van der Waals surface area (Å²) in [5.41, 5.74) is 1.17. The summed E-state index contributed by atoms with van der Waals surface area (Å²) in [6, 6.07) is 11.6. The van der Waals surface area contributed by atoms with Gasteiger partial charge in [-0.1, -0.05) is 35.0 Å². The van der Waals surface area contributed by atoms with Crippen LogP contribution in [0.3, 0.4) is 0 Å². The topological polar surface area (TPSA) is 45.7 Å². The van der Waals surface area contributed by atoms with Gasteiger partial charge in [0, 0.05) is 41.9 Å². The summed E-state index contributed by atoms with van der Waals surface area (Å²) in [7, 11) is 0. The Bertz CT molecular complexity index is 781. The van der Waals surface area contributed by atoms with Crippen molar-refractivity contribution in [1.82, 2.24) is 4.98 Å². The number of rotatable bonds is 6. The molecule has 0 radical (unpaired) electrons. The lowest BCUT2D eigenvalue weighted by molar-refractivity contribution is -0.139. The third kappa shape index (κ3) is 5.67. The Morgan fingerprint density at radius 1 is 1.07 bits per heavy atom. The van der Waals surface area contributed by atoms with Gasteiger partial charge in [-0.05, 0) is 43.3 Å². The molecule has 0 amide bonds. The maximum absolute atomic E-state index is 11.6. The smallest absolute Gasteiger partial charge is 0.316 e. The van der Waals surface area contributed by atoms with Crippen molar-refractivity contribution in [2.24, 2.45) is 0 Å². The third-order valence-electron chi connectivity index (χ3n) is 4.19. The van der Waals surface area contributed by atoms with Crippen LogP contribution in [-0.4, -0.2) is 49.5 Å². The van der Waals surface area contributed by atoms with E-state index in [0.717, 1.165) is 42.0 Å². The van der Waals surface area contributed by atoms with Crippen LogP contribution in [0.5, 0.6) is 0 Å². The van der Waals surface area contributed by atoms with E-state index in [2.05, 4.69) is 14.8 Å². The first-order valence-electron chi connectivity index (χ1n) is 8.76. The molecule has 0 N–H and O–H groups in total. The Hall–Kier alpha value is -1.63. The van der Waals surface area contributed by atoms with Crippen molar-refractivity contribution in [2.75, 3.05) is 48.3 Å². The first-order chi connectivity index (χ1) is 13.0. The molecule has 2 aromatic rings. The number of halogens is 2. The zero-order valence-electron chi connectivity index (χ0n) is 15.0.